The highest BCUT2D eigenvalue weighted by molar-refractivity contribution is 6.08. The van der Waals surface area contributed by atoms with E-state index in [0.29, 0.717) is 12.0 Å². The number of Topliss-reactive ketones (excluding diaryl/α,β-unsaturated/α-hetero) is 2. The number of benzene rings is 1. The van der Waals surface area contributed by atoms with Crippen molar-refractivity contribution in [3.63, 3.8) is 0 Å². The van der Waals surface area contributed by atoms with E-state index in [0.717, 1.165) is 31.4 Å². The number of unbranched alkanes of at least 4 members (excludes halogenated alkanes) is 3. The Hall–Kier alpha value is -1.64. The zero-order valence-corrected chi connectivity index (χ0v) is 12.8. The molecule has 0 aliphatic rings. The molecule has 0 unspecified atom stereocenters. The molecule has 0 aromatic heterocycles. The van der Waals surface area contributed by atoms with Crippen LogP contribution in [0.15, 0.2) is 24.3 Å². The van der Waals surface area contributed by atoms with Crippen LogP contribution in [0.1, 0.15) is 55.8 Å². The first-order valence-electron chi connectivity index (χ1n) is 7.37. The number of carbonyl (C=O) groups is 2. The van der Waals surface area contributed by atoms with Crippen molar-refractivity contribution >= 4 is 17.3 Å². The smallest absolute Gasteiger partial charge is 0.170 e. The van der Waals surface area contributed by atoms with Crippen LogP contribution >= 0.6 is 0 Å². The maximum absolute atomic E-state index is 12.0. The molecule has 1 aromatic rings. The molecular weight excluding hydrogens is 250 g/mol. The zero-order chi connectivity index (χ0) is 15.0. The molecule has 0 bridgehead atoms. The second-order valence-electron chi connectivity index (χ2n) is 5.39. The van der Waals surface area contributed by atoms with Gasteiger partial charge in [0.15, 0.2) is 5.78 Å². The fraction of sp³-hybridized carbons (Fsp3) is 0.529. The molecule has 20 heavy (non-hydrogen) atoms. The van der Waals surface area contributed by atoms with E-state index in [-0.39, 0.29) is 18.0 Å². The van der Waals surface area contributed by atoms with E-state index in [2.05, 4.69) is 6.92 Å². The fourth-order valence-corrected chi connectivity index (χ4v) is 2.06. The van der Waals surface area contributed by atoms with Gasteiger partial charge in [-0.15, -0.1) is 0 Å². The van der Waals surface area contributed by atoms with Crippen LogP contribution in [0.2, 0.25) is 0 Å². The van der Waals surface area contributed by atoms with E-state index in [4.69, 9.17) is 0 Å². The molecule has 0 fully saturated rings. The summed E-state index contributed by atoms with van der Waals surface area (Å²) in [6, 6.07) is 7.39. The van der Waals surface area contributed by atoms with Crippen LogP contribution in [-0.4, -0.2) is 25.7 Å². The third-order valence-corrected chi connectivity index (χ3v) is 3.37. The lowest BCUT2D eigenvalue weighted by Gasteiger charge is -2.12. The highest BCUT2D eigenvalue weighted by Crippen LogP contribution is 2.14. The number of rotatable bonds is 9. The number of anilines is 1. The highest BCUT2D eigenvalue weighted by atomic mass is 16.1. The number of carbonyl (C=O) groups excluding carboxylic acids is 2. The van der Waals surface area contributed by atoms with E-state index in [1.165, 1.54) is 0 Å². The fourth-order valence-electron chi connectivity index (χ4n) is 2.06. The first-order valence-corrected chi connectivity index (χ1v) is 7.37. The zero-order valence-electron chi connectivity index (χ0n) is 12.8. The largest absolute Gasteiger partial charge is 0.378 e. The van der Waals surface area contributed by atoms with E-state index < -0.39 is 0 Å². The Morgan fingerprint density at radius 3 is 2.20 bits per heavy atom. The standard InChI is InChI=1S/C17H25NO2/c1-4-5-6-7-8-16(19)13-17(20)14-9-11-15(12-10-14)18(2)3/h9-12H,4-8,13H2,1-3H3. The molecule has 0 amide bonds. The van der Waals surface area contributed by atoms with Gasteiger partial charge in [0.2, 0.25) is 0 Å². The van der Waals surface area contributed by atoms with Gasteiger partial charge in [0, 0.05) is 31.8 Å². The Balaban J connectivity index is 2.43. The van der Waals surface area contributed by atoms with Gasteiger partial charge in [0.25, 0.3) is 0 Å². The molecule has 110 valence electrons. The molecule has 0 N–H and O–H groups in total. The quantitative estimate of drug-likeness (QED) is 0.390. The van der Waals surface area contributed by atoms with E-state index in [1.54, 1.807) is 12.1 Å². The second-order valence-corrected chi connectivity index (χ2v) is 5.39. The van der Waals surface area contributed by atoms with Crippen molar-refractivity contribution in [3.05, 3.63) is 29.8 Å². The molecule has 0 atom stereocenters. The summed E-state index contributed by atoms with van der Waals surface area (Å²) in [6.07, 6.45) is 4.86. The van der Waals surface area contributed by atoms with Gasteiger partial charge < -0.3 is 4.90 Å². The van der Waals surface area contributed by atoms with Gasteiger partial charge in [-0.3, -0.25) is 9.59 Å². The molecule has 3 heteroatoms. The van der Waals surface area contributed by atoms with E-state index >= 15 is 0 Å². The summed E-state index contributed by atoms with van der Waals surface area (Å²) in [5.74, 6) is -0.0152. The molecular formula is C17H25NO2. The lowest BCUT2D eigenvalue weighted by molar-refractivity contribution is -0.118. The Morgan fingerprint density at radius 2 is 1.65 bits per heavy atom. The third-order valence-electron chi connectivity index (χ3n) is 3.37. The van der Waals surface area contributed by atoms with Gasteiger partial charge in [-0.05, 0) is 30.7 Å². The molecule has 1 rings (SSSR count). The monoisotopic (exact) mass is 275 g/mol. The van der Waals surface area contributed by atoms with Crippen molar-refractivity contribution in [1.29, 1.82) is 0 Å². The summed E-state index contributed by atoms with van der Waals surface area (Å²) in [7, 11) is 3.91. The van der Waals surface area contributed by atoms with Crippen LogP contribution < -0.4 is 4.90 Å². The number of hydrogen-bond donors (Lipinski definition) is 0. The molecule has 0 saturated heterocycles. The van der Waals surface area contributed by atoms with Crippen molar-refractivity contribution in [2.45, 2.75) is 45.4 Å². The minimum atomic E-state index is -0.0733. The maximum Gasteiger partial charge on any atom is 0.170 e. The van der Waals surface area contributed by atoms with Crippen LogP contribution in [0.5, 0.6) is 0 Å². The number of nitrogens with zero attached hydrogens (tertiary/aromatic N) is 1. The average Bonchev–Trinajstić information content (AvgIpc) is 2.43. The topological polar surface area (TPSA) is 37.4 Å². The van der Waals surface area contributed by atoms with Gasteiger partial charge in [-0.25, -0.2) is 0 Å². The molecule has 0 heterocycles. The first kappa shape index (κ1) is 16.4. The summed E-state index contributed by atoms with van der Waals surface area (Å²) in [6.45, 7) is 2.14. The Bertz CT molecular complexity index is 435. The van der Waals surface area contributed by atoms with Crippen LogP contribution in [0.4, 0.5) is 5.69 Å². The number of hydrogen-bond acceptors (Lipinski definition) is 3. The van der Waals surface area contributed by atoms with Crippen LogP contribution in [0.3, 0.4) is 0 Å². The van der Waals surface area contributed by atoms with Gasteiger partial charge in [-0.1, -0.05) is 26.2 Å². The first-order chi connectivity index (χ1) is 9.54. The summed E-state index contributed by atoms with van der Waals surface area (Å²) < 4.78 is 0. The minimum absolute atomic E-state index is 0.0352. The normalized spacial score (nSPS) is 10.3. The SMILES string of the molecule is CCCCCCC(=O)CC(=O)c1ccc(N(C)C)cc1. The maximum atomic E-state index is 12.0. The van der Waals surface area contributed by atoms with Gasteiger partial charge >= 0.3 is 0 Å². The lowest BCUT2D eigenvalue weighted by Crippen LogP contribution is -2.10. The Labute approximate surface area is 122 Å². The average molecular weight is 275 g/mol. The molecule has 0 radical (unpaired) electrons. The van der Waals surface area contributed by atoms with Crippen LogP contribution in [0.25, 0.3) is 0 Å². The van der Waals surface area contributed by atoms with E-state index in [1.807, 2.05) is 31.1 Å². The van der Waals surface area contributed by atoms with Crippen molar-refractivity contribution in [2.24, 2.45) is 0 Å². The summed E-state index contributed by atoms with van der Waals surface area (Å²) in [4.78, 5) is 25.7. The Morgan fingerprint density at radius 1 is 1.00 bits per heavy atom. The highest BCUT2D eigenvalue weighted by Gasteiger charge is 2.11. The summed E-state index contributed by atoms with van der Waals surface area (Å²) in [5.41, 5.74) is 1.67. The van der Waals surface area contributed by atoms with Crippen molar-refractivity contribution in [2.75, 3.05) is 19.0 Å². The van der Waals surface area contributed by atoms with Gasteiger partial charge in [0.05, 0.1) is 6.42 Å². The third kappa shape index (κ3) is 5.55. The summed E-state index contributed by atoms with van der Waals surface area (Å²) in [5, 5.41) is 0. The van der Waals surface area contributed by atoms with Gasteiger partial charge in [0.1, 0.15) is 5.78 Å². The molecule has 1 aromatic carbocycles. The van der Waals surface area contributed by atoms with Gasteiger partial charge in [-0.2, -0.15) is 0 Å². The number of ketones is 2. The second kappa shape index (κ2) is 8.51. The molecule has 0 aliphatic carbocycles. The van der Waals surface area contributed by atoms with Crippen molar-refractivity contribution < 1.29 is 9.59 Å². The van der Waals surface area contributed by atoms with Crippen molar-refractivity contribution in [1.82, 2.24) is 0 Å². The predicted octanol–water partition coefficient (Wildman–Crippen LogP) is 3.86. The summed E-state index contributed by atoms with van der Waals surface area (Å²) >= 11 is 0. The predicted molar refractivity (Wildman–Crippen MR) is 83.5 cm³/mol. The van der Waals surface area contributed by atoms with Crippen molar-refractivity contribution in [3.8, 4) is 0 Å². The minimum Gasteiger partial charge on any atom is -0.378 e. The molecule has 0 spiro atoms. The van der Waals surface area contributed by atoms with Crippen LogP contribution in [0, 0.1) is 0 Å². The molecule has 0 aliphatic heterocycles. The lowest BCUT2D eigenvalue weighted by atomic mass is 10.0. The molecule has 0 saturated carbocycles. The molecule has 3 nitrogen and oxygen atoms in total. The van der Waals surface area contributed by atoms with E-state index in [9.17, 15) is 9.59 Å². The van der Waals surface area contributed by atoms with Crippen LogP contribution in [-0.2, 0) is 4.79 Å². The Kier molecular flexibility index (Phi) is 6.99.